The van der Waals surface area contributed by atoms with Gasteiger partial charge >= 0.3 is 0 Å². The molecule has 0 saturated heterocycles. The molecule has 140 valence electrons. The third kappa shape index (κ3) is 3.87. The molecule has 1 N–H and O–H groups in total. The lowest BCUT2D eigenvalue weighted by atomic mass is 10.1. The largest absolute Gasteiger partial charge is 0.365 e. The first-order valence-corrected chi connectivity index (χ1v) is 9.55. The van der Waals surface area contributed by atoms with Gasteiger partial charge in [0.1, 0.15) is 23.0 Å². The number of fused-ring (bicyclic) bond motifs is 1. The van der Waals surface area contributed by atoms with Crippen LogP contribution < -0.4 is 5.32 Å². The van der Waals surface area contributed by atoms with Crippen molar-refractivity contribution in [2.75, 3.05) is 5.32 Å². The second-order valence-electron chi connectivity index (χ2n) is 7.26. The molecule has 0 saturated carbocycles. The van der Waals surface area contributed by atoms with Crippen LogP contribution in [0.2, 0.25) is 0 Å². The van der Waals surface area contributed by atoms with Crippen molar-refractivity contribution in [1.82, 2.24) is 19.4 Å². The number of thiophene rings is 1. The summed E-state index contributed by atoms with van der Waals surface area (Å²) >= 11 is 1.55. The molecule has 7 heteroatoms. The van der Waals surface area contributed by atoms with E-state index in [-0.39, 0.29) is 11.4 Å². The van der Waals surface area contributed by atoms with Crippen molar-refractivity contribution in [3.63, 3.8) is 0 Å². The highest BCUT2D eigenvalue weighted by Crippen LogP contribution is 2.34. The van der Waals surface area contributed by atoms with Crippen LogP contribution in [-0.2, 0) is 0 Å². The van der Waals surface area contributed by atoms with E-state index in [0.717, 1.165) is 26.9 Å². The van der Waals surface area contributed by atoms with Crippen molar-refractivity contribution in [3.8, 4) is 22.4 Å². The first-order chi connectivity index (χ1) is 13.4. The maximum atomic E-state index is 13.0. The van der Waals surface area contributed by atoms with E-state index in [1.165, 1.54) is 12.3 Å². The van der Waals surface area contributed by atoms with E-state index in [2.05, 4.69) is 47.9 Å². The van der Waals surface area contributed by atoms with Crippen LogP contribution in [0.1, 0.15) is 31.3 Å². The van der Waals surface area contributed by atoms with Crippen LogP contribution in [-0.4, -0.2) is 24.9 Å². The van der Waals surface area contributed by atoms with Crippen molar-refractivity contribution in [1.29, 1.82) is 0 Å². The number of imidazole rings is 1. The van der Waals surface area contributed by atoms with E-state index >= 15 is 0 Å². The van der Waals surface area contributed by atoms with Crippen molar-refractivity contribution in [2.24, 2.45) is 0 Å². The van der Waals surface area contributed by atoms with Gasteiger partial charge in [0.05, 0.1) is 22.1 Å². The lowest BCUT2D eigenvalue weighted by Gasteiger charge is -2.22. The SMILES string of the molecule is CC(C)(C)Nc1c(-c2ccc(C#Cc3ccc(F)cn3)s2)nc2cnccn12. The van der Waals surface area contributed by atoms with Gasteiger partial charge in [0.2, 0.25) is 0 Å². The number of hydrogen-bond donors (Lipinski definition) is 1. The second-order valence-corrected chi connectivity index (χ2v) is 8.35. The van der Waals surface area contributed by atoms with Crippen LogP contribution >= 0.6 is 11.3 Å². The molecule has 0 bridgehead atoms. The van der Waals surface area contributed by atoms with Gasteiger partial charge in [0.15, 0.2) is 5.65 Å². The fourth-order valence-corrected chi connectivity index (χ4v) is 3.51. The van der Waals surface area contributed by atoms with Crippen LogP contribution in [0.4, 0.5) is 10.2 Å². The third-order valence-electron chi connectivity index (χ3n) is 3.80. The van der Waals surface area contributed by atoms with Gasteiger partial charge in [-0.1, -0.05) is 0 Å². The molecule has 4 aromatic rings. The zero-order valence-corrected chi connectivity index (χ0v) is 16.5. The maximum Gasteiger partial charge on any atom is 0.157 e. The quantitative estimate of drug-likeness (QED) is 0.507. The standard InChI is InChI=1S/C21H18FN5S/c1-21(2,3)26-20-19(25-18-13-23-10-11-27(18)20)17-9-8-16(28-17)7-6-15-5-4-14(22)12-24-15/h4-5,8-13,26H,1-3H3. The Balaban J connectivity index is 1.71. The van der Waals surface area contributed by atoms with E-state index in [9.17, 15) is 4.39 Å². The third-order valence-corrected chi connectivity index (χ3v) is 4.81. The highest BCUT2D eigenvalue weighted by atomic mass is 32.1. The lowest BCUT2D eigenvalue weighted by Crippen LogP contribution is -2.27. The average Bonchev–Trinajstić information content (AvgIpc) is 3.25. The fourth-order valence-electron chi connectivity index (χ4n) is 2.66. The number of hydrogen-bond acceptors (Lipinski definition) is 5. The summed E-state index contributed by atoms with van der Waals surface area (Å²) in [6, 6.07) is 6.89. The van der Waals surface area contributed by atoms with E-state index in [1.807, 2.05) is 22.7 Å². The Morgan fingerprint density at radius 1 is 1.11 bits per heavy atom. The number of anilines is 1. The van der Waals surface area contributed by atoms with Gasteiger partial charge in [-0.15, -0.1) is 11.3 Å². The van der Waals surface area contributed by atoms with Gasteiger partial charge in [-0.3, -0.25) is 9.38 Å². The monoisotopic (exact) mass is 391 g/mol. The highest BCUT2D eigenvalue weighted by Gasteiger charge is 2.20. The molecule has 0 fully saturated rings. The van der Waals surface area contributed by atoms with Gasteiger partial charge in [-0.2, -0.15) is 0 Å². The summed E-state index contributed by atoms with van der Waals surface area (Å²) in [7, 11) is 0. The molecule has 0 unspecified atom stereocenters. The lowest BCUT2D eigenvalue weighted by molar-refractivity contribution is 0.621. The molecule has 0 amide bonds. The van der Waals surface area contributed by atoms with Gasteiger partial charge in [0.25, 0.3) is 0 Å². The summed E-state index contributed by atoms with van der Waals surface area (Å²) < 4.78 is 15.0. The average molecular weight is 391 g/mol. The molecular formula is C21H18FN5S. The number of pyridine rings is 1. The van der Waals surface area contributed by atoms with Gasteiger partial charge in [-0.25, -0.2) is 14.4 Å². The highest BCUT2D eigenvalue weighted by molar-refractivity contribution is 7.16. The molecule has 4 aromatic heterocycles. The molecule has 0 aliphatic heterocycles. The van der Waals surface area contributed by atoms with Crippen LogP contribution in [0.5, 0.6) is 0 Å². The van der Waals surface area contributed by atoms with Crippen LogP contribution in [0.3, 0.4) is 0 Å². The van der Waals surface area contributed by atoms with Gasteiger partial charge in [-0.05, 0) is 56.9 Å². The van der Waals surface area contributed by atoms with Crippen molar-refractivity contribution >= 4 is 22.8 Å². The Bertz CT molecular complexity index is 1190. The Kier molecular flexibility index (Phi) is 4.57. The summed E-state index contributed by atoms with van der Waals surface area (Å²) in [5.41, 5.74) is 2.05. The molecule has 28 heavy (non-hydrogen) atoms. The van der Waals surface area contributed by atoms with Crippen molar-refractivity contribution in [3.05, 3.63) is 65.4 Å². The predicted octanol–water partition coefficient (Wildman–Crippen LogP) is 4.60. The predicted molar refractivity (Wildman–Crippen MR) is 110 cm³/mol. The normalized spacial score (nSPS) is 11.3. The number of rotatable bonds is 2. The molecule has 4 rings (SSSR count). The molecule has 0 aliphatic carbocycles. The minimum Gasteiger partial charge on any atom is -0.365 e. The van der Waals surface area contributed by atoms with Crippen molar-refractivity contribution < 1.29 is 4.39 Å². The Labute approximate surface area is 166 Å². The minimum atomic E-state index is -0.371. The summed E-state index contributed by atoms with van der Waals surface area (Å²) in [5.74, 6) is 6.60. The molecule has 4 heterocycles. The van der Waals surface area contributed by atoms with E-state index in [4.69, 9.17) is 4.98 Å². The number of halogens is 1. The molecule has 0 aromatic carbocycles. The number of aromatic nitrogens is 4. The zero-order valence-electron chi connectivity index (χ0n) is 15.7. The summed E-state index contributed by atoms with van der Waals surface area (Å²) in [6.45, 7) is 6.33. The fraction of sp³-hybridized carbons (Fsp3) is 0.190. The van der Waals surface area contributed by atoms with E-state index < -0.39 is 0 Å². The molecular weight excluding hydrogens is 373 g/mol. The van der Waals surface area contributed by atoms with E-state index in [1.54, 1.807) is 29.8 Å². The molecule has 5 nitrogen and oxygen atoms in total. The second kappa shape index (κ2) is 7.06. The Morgan fingerprint density at radius 2 is 1.96 bits per heavy atom. The summed E-state index contributed by atoms with van der Waals surface area (Å²) in [6.07, 6.45) is 6.55. The number of nitrogens with one attached hydrogen (secondary N) is 1. The summed E-state index contributed by atoms with van der Waals surface area (Å²) in [4.78, 5) is 14.8. The Hall–Kier alpha value is -3.24. The summed E-state index contributed by atoms with van der Waals surface area (Å²) in [5, 5.41) is 3.54. The van der Waals surface area contributed by atoms with Crippen LogP contribution in [0.25, 0.3) is 16.2 Å². The molecule has 0 atom stereocenters. The number of nitrogens with zero attached hydrogens (tertiary/aromatic N) is 4. The molecule has 0 aliphatic rings. The van der Waals surface area contributed by atoms with Gasteiger partial charge in [0, 0.05) is 17.9 Å². The zero-order chi connectivity index (χ0) is 19.7. The smallest absolute Gasteiger partial charge is 0.157 e. The van der Waals surface area contributed by atoms with Crippen molar-refractivity contribution in [2.45, 2.75) is 26.3 Å². The topological polar surface area (TPSA) is 55.1 Å². The van der Waals surface area contributed by atoms with Crippen LogP contribution in [0.15, 0.2) is 49.1 Å². The first-order valence-electron chi connectivity index (χ1n) is 8.73. The van der Waals surface area contributed by atoms with E-state index in [0.29, 0.717) is 5.69 Å². The van der Waals surface area contributed by atoms with Crippen LogP contribution in [0, 0.1) is 17.7 Å². The minimum absolute atomic E-state index is 0.123. The molecule has 0 radical (unpaired) electrons. The maximum absolute atomic E-state index is 13.0. The Morgan fingerprint density at radius 3 is 2.71 bits per heavy atom. The molecule has 0 spiro atoms. The van der Waals surface area contributed by atoms with Gasteiger partial charge < -0.3 is 5.32 Å². The first kappa shape index (κ1) is 18.1.